The van der Waals surface area contributed by atoms with E-state index in [1.54, 1.807) is 7.11 Å². The topological polar surface area (TPSA) is 30.5 Å². The molecule has 0 spiro atoms. The first-order valence-corrected chi connectivity index (χ1v) is 7.86. The predicted molar refractivity (Wildman–Crippen MR) is 98.0 cm³/mol. The van der Waals surface area contributed by atoms with Crippen LogP contribution in [0.3, 0.4) is 0 Å². The molecular formula is C18H23Cl2NO2. The number of halogens is 2. The molecule has 0 saturated heterocycles. The van der Waals surface area contributed by atoms with Gasteiger partial charge in [-0.05, 0) is 36.7 Å². The quantitative estimate of drug-likeness (QED) is 0.686. The Balaban J connectivity index is 0.00000264. The molecule has 23 heavy (non-hydrogen) atoms. The lowest BCUT2D eigenvalue weighted by atomic mass is 10.2. The van der Waals surface area contributed by atoms with E-state index in [2.05, 4.69) is 12.2 Å². The van der Waals surface area contributed by atoms with Crippen molar-refractivity contribution in [3.63, 3.8) is 0 Å². The summed E-state index contributed by atoms with van der Waals surface area (Å²) in [5.41, 5.74) is 2.13. The Kier molecular flexibility index (Phi) is 8.85. The van der Waals surface area contributed by atoms with Crippen molar-refractivity contribution in [3.05, 3.63) is 58.6 Å². The Morgan fingerprint density at radius 1 is 1.09 bits per heavy atom. The first-order valence-electron chi connectivity index (χ1n) is 7.48. The molecule has 2 aromatic carbocycles. The minimum Gasteiger partial charge on any atom is -0.493 e. The second kappa shape index (κ2) is 10.4. The Labute approximate surface area is 149 Å². The summed E-state index contributed by atoms with van der Waals surface area (Å²) in [6, 6.07) is 13.7. The van der Waals surface area contributed by atoms with Gasteiger partial charge in [-0.15, -0.1) is 12.4 Å². The third-order valence-electron chi connectivity index (χ3n) is 3.32. The number of methoxy groups -OCH3 is 1. The molecule has 0 heterocycles. The molecular weight excluding hydrogens is 333 g/mol. The molecule has 2 rings (SSSR count). The highest BCUT2D eigenvalue weighted by molar-refractivity contribution is 6.31. The van der Waals surface area contributed by atoms with Crippen molar-refractivity contribution in [2.45, 2.75) is 26.5 Å². The Bertz CT molecular complexity index is 605. The second-order valence-electron chi connectivity index (χ2n) is 5.04. The van der Waals surface area contributed by atoms with E-state index in [1.807, 2.05) is 42.5 Å². The van der Waals surface area contributed by atoms with Crippen LogP contribution in [0.15, 0.2) is 42.5 Å². The van der Waals surface area contributed by atoms with E-state index in [0.29, 0.717) is 11.6 Å². The molecule has 1 N–H and O–H groups in total. The molecule has 0 aliphatic rings. The lowest BCUT2D eigenvalue weighted by Gasteiger charge is -2.13. The zero-order valence-corrected chi connectivity index (χ0v) is 15.0. The van der Waals surface area contributed by atoms with E-state index in [9.17, 15) is 0 Å². The number of rotatable bonds is 8. The molecule has 126 valence electrons. The summed E-state index contributed by atoms with van der Waals surface area (Å²) in [5.74, 6) is 1.46. The lowest BCUT2D eigenvalue weighted by Crippen LogP contribution is -2.13. The van der Waals surface area contributed by atoms with Gasteiger partial charge in [-0.25, -0.2) is 0 Å². The fourth-order valence-corrected chi connectivity index (χ4v) is 2.31. The summed E-state index contributed by atoms with van der Waals surface area (Å²) in [4.78, 5) is 0. The number of hydrogen-bond acceptors (Lipinski definition) is 3. The maximum atomic E-state index is 6.14. The minimum absolute atomic E-state index is 0. The standard InChI is InChI=1S/C18H22ClNO2.ClH/c1-3-10-20-12-14-8-9-17(18(11-14)21-2)22-13-15-6-4-5-7-16(15)19;/h4-9,11,20H,3,10,12-13H2,1-2H3;1H. The van der Waals surface area contributed by atoms with Crippen molar-refractivity contribution >= 4 is 24.0 Å². The largest absolute Gasteiger partial charge is 0.493 e. The SMILES string of the molecule is CCCNCc1ccc(OCc2ccccc2Cl)c(OC)c1.Cl. The van der Waals surface area contributed by atoms with Crippen molar-refractivity contribution in [1.82, 2.24) is 5.32 Å². The molecule has 0 unspecified atom stereocenters. The fraction of sp³-hybridized carbons (Fsp3) is 0.333. The summed E-state index contributed by atoms with van der Waals surface area (Å²) in [6.07, 6.45) is 1.12. The molecule has 0 bridgehead atoms. The van der Waals surface area contributed by atoms with Gasteiger partial charge in [-0.3, -0.25) is 0 Å². The molecule has 0 atom stereocenters. The normalized spacial score (nSPS) is 10.0. The van der Waals surface area contributed by atoms with Crippen LogP contribution in [0.4, 0.5) is 0 Å². The van der Waals surface area contributed by atoms with Crippen LogP contribution < -0.4 is 14.8 Å². The Hall–Kier alpha value is -1.42. The van der Waals surface area contributed by atoms with Crippen LogP contribution in [-0.4, -0.2) is 13.7 Å². The van der Waals surface area contributed by atoms with E-state index in [4.69, 9.17) is 21.1 Å². The van der Waals surface area contributed by atoms with Gasteiger partial charge in [-0.1, -0.05) is 42.8 Å². The van der Waals surface area contributed by atoms with Crippen LogP contribution in [0.1, 0.15) is 24.5 Å². The average molecular weight is 356 g/mol. The predicted octanol–water partition coefficient (Wildman–Crippen LogP) is 4.85. The first kappa shape index (κ1) is 19.6. The molecule has 0 radical (unpaired) electrons. The van der Waals surface area contributed by atoms with Crippen molar-refractivity contribution < 1.29 is 9.47 Å². The van der Waals surface area contributed by atoms with Crippen LogP contribution in [0.2, 0.25) is 5.02 Å². The van der Waals surface area contributed by atoms with E-state index in [0.717, 1.165) is 36.6 Å². The zero-order valence-electron chi connectivity index (χ0n) is 13.5. The molecule has 0 aliphatic heterocycles. The van der Waals surface area contributed by atoms with Gasteiger partial charge in [0.15, 0.2) is 11.5 Å². The number of nitrogens with one attached hydrogen (secondary N) is 1. The van der Waals surface area contributed by atoms with Crippen molar-refractivity contribution in [2.75, 3.05) is 13.7 Å². The molecule has 0 amide bonds. The van der Waals surface area contributed by atoms with Gasteiger partial charge in [0, 0.05) is 17.1 Å². The molecule has 0 saturated carbocycles. The molecule has 2 aromatic rings. The minimum atomic E-state index is 0. The highest BCUT2D eigenvalue weighted by Gasteiger charge is 2.07. The van der Waals surface area contributed by atoms with Gasteiger partial charge in [0.2, 0.25) is 0 Å². The Morgan fingerprint density at radius 3 is 2.57 bits per heavy atom. The highest BCUT2D eigenvalue weighted by Crippen LogP contribution is 2.29. The molecule has 0 aliphatic carbocycles. The van der Waals surface area contributed by atoms with Gasteiger partial charge in [0.1, 0.15) is 6.61 Å². The molecule has 0 aromatic heterocycles. The lowest BCUT2D eigenvalue weighted by molar-refractivity contribution is 0.284. The number of benzene rings is 2. The first-order chi connectivity index (χ1) is 10.7. The summed E-state index contributed by atoms with van der Waals surface area (Å²) >= 11 is 6.14. The molecule has 0 fully saturated rings. The summed E-state index contributed by atoms with van der Waals surface area (Å²) < 4.78 is 11.3. The smallest absolute Gasteiger partial charge is 0.161 e. The third kappa shape index (κ3) is 5.94. The van der Waals surface area contributed by atoms with Crippen LogP contribution in [0.25, 0.3) is 0 Å². The van der Waals surface area contributed by atoms with Crippen LogP contribution in [0, 0.1) is 0 Å². The summed E-state index contributed by atoms with van der Waals surface area (Å²) in [6.45, 7) is 4.41. The summed E-state index contributed by atoms with van der Waals surface area (Å²) in [5, 5.41) is 4.08. The number of hydrogen-bond donors (Lipinski definition) is 1. The van der Waals surface area contributed by atoms with Crippen molar-refractivity contribution in [1.29, 1.82) is 0 Å². The second-order valence-corrected chi connectivity index (χ2v) is 5.45. The van der Waals surface area contributed by atoms with E-state index >= 15 is 0 Å². The fourth-order valence-electron chi connectivity index (χ4n) is 2.12. The monoisotopic (exact) mass is 355 g/mol. The molecule has 5 heteroatoms. The molecule has 3 nitrogen and oxygen atoms in total. The highest BCUT2D eigenvalue weighted by atomic mass is 35.5. The van der Waals surface area contributed by atoms with Crippen LogP contribution >= 0.6 is 24.0 Å². The van der Waals surface area contributed by atoms with E-state index < -0.39 is 0 Å². The van der Waals surface area contributed by atoms with Gasteiger partial charge in [0.25, 0.3) is 0 Å². The van der Waals surface area contributed by atoms with Crippen molar-refractivity contribution in [2.24, 2.45) is 0 Å². The van der Waals surface area contributed by atoms with Crippen molar-refractivity contribution in [3.8, 4) is 11.5 Å². The maximum Gasteiger partial charge on any atom is 0.161 e. The van der Waals surface area contributed by atoms with E-state index in [-0.39, 0.29) is 12.4 Å². The van der Waals surface area contributed by atoms with Gasteiger partial charge in [0.05, 0.1) is 7.11 Å². The summed E-state index contributed by atoms with van der Waals surface area (Å²) in [7, 11) is 1.65. The van der Waals surface area contributed by atoms with E-state index in [1.165, 1.54) is 5.56 Å². The van der Waals surface area contributed by atoms with Gasteiger partial charge in [-0.2, -0.15) is 0 Å². The van der Waals surface area contributed by atoms with Gasteiger partial charge >= 0.3 is 0 Å². The Morgan fingerprint density at radius 2 is 1.87 bits per heavy atom. The number of ether oxygens (including phenoxy) is 2. The third-order valence-corrected chi connectivity index (χ3v) is 3.69. The zero-order chi connectivity index (χ0) is 15.8. The van der Waals surface area contributed by atoms with Crippen LogP contribution in [0.5, 0.6) is 11.5 Å². The maximum absolute atomic E-state index is 6.14. The van der Waals surface area contributed by atoms with Gasteiger partial charge < -0.3 is 14.8 Å². The average Bonchev–Trinajstić information content (AvgIpc) is 2.55. The van der Waals surface area contributed by atoms with Crippen LogP contribution in [-0.2, 0) is 13.2 Å².